The lowest BCUT2D eigenvalue weighted by Crippen LogP contribution is -2.17. The zero-order valence-electron chi connectivity index (χ0n) is 11.0. The van der Waals surface area contributed by atoms with E-state index in [2.05, 4.69) is 24.2 Å². The molecule has 0 amide bonds. The van der Waals surface area contributed by atoms with Gasteiger partial charge < -0.3 is 10.1 Å². The van der Waals surface area contributed by atoms with Gasteiger partial charge in [0.25, 0.3) is 0 Å². The summed E-state index contributed by atoms with van der Waals surface area (Å²) in [6.45, 7) is 5.03. The summed E-state index contributed by atoms with van der Waals surface area (Å²) in [5.41, 5.74) is 1.07. The first-order valence-electron chi connectivity index (χ1n) is 6.48. The van der Waals surface area contributed by atoms with E-state index in [0.29, 0.717) is 6.04 Å². The molecule has 1 atom stereocenters. The molecule has 0 saturated carbocycles. The number of aliphatic imine (C=N–C) groups is 1. The highest BCUT2D eigenvalue weighted by atomic mass is 32.2. The Labute approximate surface area is 113 Å². The topological polar surface area (TPSA) is 33.6 Å². The lowest BCUT2D eigenvalue weighted by atomic mass is 10.3. The van der Waals surface area contributed by atoms with E-state index in [0.717, 1.165) is 35.4 Å². The average Bonchev–Trinajstić information content (AvgIpc) is 2.38. The summed E-state index contributed by atoms with van der Waals surface area (Å²) in [7, 11) is 0. The van der Waals surface area contributed by atoms with Crippen LogP contribution in [0.3, 0.4) is 0 Å². The maximum Gasteiger partial charge on any atom is 0.161 e. The van der Waals surface area contributed by atoms with Crippen molar-refractivity contribution in [1.82, 2.24) is 0 Å². The molecule has 1 aliphatic rings. The van der Waals surface area contributed by atoms with Crippen molar-refractivity contribution in [3.8, 4) is 5.75 Å². The summed E-state index contributed by atoms with van der Waals surface area (Å²) < 4.78 is 5.55. The predicted octanol–water partition coefficient (Wildman–Crippen LogP) is 3.77. The summed E-state index contributed by atoms with van der Waals surface area (Å²) >= 11 is 1.79. The van der Waals surface area contributed by atoms with E-state index in [1.165, 1.54) is 6.42 Å². The molecule has 3 nitrogen and oxygen atoms in total. The second-order valence-corrected chi connectivity index (χ2v) is 5.50. The van der Waals surface area contributed by atoms with Gasteiger partial charge in [-0.15, -0.1) is 0 Å². The molecule has 18 heavy (non-hydrogen) atoms. The summed E-state index contributed by atoms with van der Waals surface area (Å²) in [6.07, 6.45) is 2.20. The first-order chi connectivity index (χ1) is 8.78. The predicted molar refractivity (Wildman–Crippen MR) is 79.8 cm³/mol. The minimum absolute atomic E-state index is 0.431. The molecule has 0 aromatic heterocycles. The molecular formula is C14H20N2OS. The first kappa shape index (κ1) is 13.3. The van der Waals surface area contributed by atoms with E-state index in [4.69, 9.17) is 4.74 Å². The fourth-order valence-electron chi connectivity index (χ4n) is 1.67. The van der Waals surface area contributed by atoms with Gasteiger partial charge in [0.1, 0.15) is 5.75 Å². The Kier molecular flexibility index (Phi) is 4.93. The Bertz CT molecular complexity index is 403. The van der Waals surface area contributed by atoms with E-state index >= 15 is 0 Å². The van der Waals surface area contributed by atoms with Gasteiger partial charge in [-0.2, -0.15) is 0 Å². The lowest BCUT2D eigenvalue weighted by Gasteiger charge is -2.17. The molecule has 1 unspecified atom stereocenters. The number of nitrogens with one attached hydrogen (secondary N) is 1. The number of anilines is 1. The van der Waals surface area contributed by atoms with Gasteiger partial charge in [-0.05, 0) is 44.0 Å². The minimum atomic E-state index is 0.431. The molecule has 0 fully saturated rings. The Hall–Kier alpha value is -1.16. The van der Waals surface area contributed by atoms with Crippen molar-refractivity contribution in [1.29, 1.82) is 0 Å². The van der Waals surface area contributed by atoms with Gasteiger partial charge in [0, 0.05) is 11.4 Å². The van der Waals surface area contributed by atoms with E-state index in [-0.39, 0.29) is 0 Å². The van der Waals surface area contributed by atoms with Crippen molar-refractivity contribution in [2.45, 2.75) is 32.7 Å². The summed E-state index contributed by atoms with van der Waals surface area (Å²) in [4.78, 5) is 4.59. The second-order valence-electron chi connectivity index (χ2n) is 4.42. The normalized spacial score (nSPS) is 19.2. The minimum Gasteiger partial charge on any atom is -0.494 e. The van der Waals surface area contributed by atoms with Gasteiger partial charge in [0.2, 0.25) is 0 Å². The second kappa shape index (κ2) is 6.69. The number of benzene rings is 1. The van der Waals surface area contributed by atoms with Crippen LogP contribution in [0.4, 0.5) is 5.69 Å². The third kappa shape index (κ3) is 3.95. The highest BCUT2D eigenvalue weighted by Gasteiger charge is 2.11. The first-order valence-corrected chi connectivity index (χ1v) is 7.47. The van der Waals surface area contributed by atoms with Crippen LogP contribution in [0.15, 0.2) is 29.3 Å². The van der Waals surface area contributed by atoms with Crippen LogP contribution in [0.5, 0.6) is 5.75 Å². The molecule has 2 rings (SSSR count). The van der Waals surface area contributed by atoms with Crippen molar-refractivity contribution < 1.29 is 4.74 Å². The van der Waals surface area contributed by atoms with E-state index < -0.39 is 0 Å². The number of hydrogen-bond acceptors (Lipinski definition) is 4. The molecule has 1 aromatic carbocycles. The molecule has 98 valence electrons. The van der Waals surface area contributed by atoms with Crippen molar-refractivity contribution in [3.63, 3.8) is 0 Å². The molecule has 0 bridgehead atoms. The fourth-order valence-corrected chi connectivity index (χ4v) is 2.77. The van der Waals surface area contributed by atoms with E-state index in [1.807, 2.05) is 24.3 Å². The number of nitrogens with zero attached hydrogens (tertiary/aromatic N) is 1. The number of rotatable bonds is 4. The van der Waals surface area contributed by atoms with Gasteiger partial charge in [0.15, 0.2) is 5.17 Å². The molecule has 1 aromatic rings. The summed E-state index contributed by atoms with van der Waals surface area (Å²) in [5.74, 6) is 2.07. The maximum absolute atomic E-state index is 5.55. The van der Waals surface area contributed by atoms with Crippen LogP contribution in [-0.4, -0.2) is 23.6 Å². The quantitative estimate of drug-likeness (QED) is 0.898. The number of amidine groups is 1. The van der Waals surface area contributed by atoms with Crippen LogP contribution >= 0.6 is 11.8 Å². The van der Waals surface area contributed by atoms with Crippen molar-refractivity contribution >= 4 is 22.6 Å². The molecule has 4 heteroatoms. The van der Waals surface area contributed by atoms with Crippen molar-refractivity contribution in [2.75, 3.05) is 17.7 Å². The highest BCUT2D eigenvalue weighted by Crippen LogP contribution is 2.21. The van der Waals surface area contributed by atoms with Crippen LogP contribution in [-0.2, 0) is 0 Å². The Morgan fingerprint density at radius 3 is 2.83 bits per heavy atom. The standard InChI is InChI=1S/C14H20N2OS/c1-3-9-17-13-6-4-12(5-7-13)16-14-15-11(2)8-10-18-14/h4-7,11H,3,8-10H2,1-2H3,(H,15,16). The molecule has 0 saturated heterocycles. The van der Waals surface area contributed by atoms with E-state index in [1.54, 1.807) is 11.8 Å². The molecule has 0 radical (unpaired) electrons. The van der Waals surface area contributed by atoms with Gasteiger partial charge in [-0.1, -0.05) is 18.7 Å². The van der Waals surface area contributed by atoms with Crippen LogP contribution in [0.25, 0.3) is 0 Å². The Morgan fingerprint density at radius 2 is 2.17 bits per heavy atom. The Morgan fingerprint density at radius 1 is 1.39 bits per heavy atom. The molecular weight excluding hydrogens is 244 g/mol. The van der Waals surface area contributed by atoms with Crippen LogP contribution < -0.4 is 10.1 Å². The van der Waals surface area contributed by atoms with Gasteiger partial charge in [-0.3, -0.25) is 4.99 Å². The Balaban J connectivity index is 1.93. The zero-order chi connectivity index (χ0) is 12.8. The number of ether oxygens (including phenoxy) is 1. The van der Waals surface area contributed by atoms with Crippen molar-refractivity contribution in [2.24, 2.45) is 4.99 Å². The summed E-state index contributed by atoms with van der Waals surface area (Å²) in [6, 6.07) is 8.49. The van der Waals surface area contributed by atoms with Crippen molar-refractivity contribution in [3.05, 3.63) is 24.3 Å². The fraction of sp³-hybridized carbons (Fsp3) is 0.500. The van der Waals surface area contributed by atoms with Crippen LogP contribution in [0, 0.1) is 0 Å². The molecule has 1 aliphatic heterocycles. The molecule has 1 N–H and O–H groups in total. The van der Waals surface area contributed by atoms with E-state index in [9.17, 15) is 0 Å². The van der Waals surface area contributed by atoms with Crippen LogP contribution in [0.1, 0.15) is 26.7 Å². The number of hydrogen-bond donors (Lipinski definition) is 1. The van der Waals surface area contributed by atoms with Gasteiger partial charge >= 0.3 is 0 Å². The average molecular weight is 264 g/mol. The monoisotopic (exact) mass is 264 g/mol. The number of thioether (sulfide) groups is 1. The molecule has 1 heterocycles. The molecule has 0 spiro atoms. The SMILES string of the molecule is CCCOc1ccc(NC2=NC(C)CCS2)cc1. The maximum atomic E-state index is 5.55. The van der Waals surface area contributed by atoms with Gasteiger partial charge in [-0.25, -0.2) is 0 Å². The summed E-state index contributed by atoms with van der Waals surface area (Å²) in [5, 5.41) is 4.38. The third-order valence-corrected chi connectivity index (χ3v) is 3.61. The smallest absolute Gasteiger partial charge is 0.161 e. The van der Waals surface area contributed by atoms with Crippen LogP contribution in [0.2, 0.25) is 0 Å². The third-order valence-electron chi connectivity index (χ3n) is 2.69. The largest absolute Gasteiger partial charge is 0.494 e. The molecule has 0 aliphatic carbocycles. The zero-order valence-corrected chi connectivity index (χ0v) is 11.8. The lowest BCUT2D eigenvalue weighted by molar-refractivity contribution is 0.317. The van der Waals surface area contributed by atoms with Gasteiger partial charge in [0.05, 0.1) is 12.6 Å². The highest BCUT2D eigenvalue weighted by molar-refractivity contribution is 8.14.